The molecule has 5 nitrogen and oxygen atoms in total. The van der Waals surface area contributed by atoms with Crippen LogP contribution in [-0.4, -0.2) is 53.6 Å². The summed E-state index contributed by atoms with van der Waals surface area (Å²) in [6.07, 6.45) is 0.414. The molecule has 1 aromatic carbocycles. The van der Waals surface area contributed by atoms with Crippen molar-refractivity contribution in [3.63, 3.8) is 0 Å². The number of amides is 2. The maximum Gasteiger partial charge on any atom is 0.410 e. The van der Waals surface area contributed by atoms with E-state index in [9.17, 15) is 9.59 Å². The average Bonchev–Trinajstić information content (AvgIpc) is 2.71. The fraction of sp³-hybridized carbons (Fsp3) is 0.529. The largest absolute Gasteiger partial charge is 0.444 e. The molecule has 0 radical (unpaired) electrons. The standard InChI is InChI=1S/C17H23ClN2O3/c1-17(2,3)23-16(22)20-10-4-9-19(11-12-20)15(21)13-5-7-14(18)8-6-13/h5-8H,4,9-12H2,1-3H3. The van der Waals surface area contributed by atoms with Gasteiger partial charge in [0.05, 0.1) is 0 Å². The lowest BCUT2D eigenvalue weighted by atomic mass is 10.2. The molecule has 2 rings (SSSR count). The van der Waals surface area contributed by atoms with Gasteiger partial charge in [-0.05, 0) is 51.5 Å². The third-order valence-corrected chi connectivity index (χ3v) is 3.78. The monoisotopic (exact) mass is 338 g/mol. The Kier molecular flexibility index (Phi) is 5.52. The van der Waals surface area contributed by atoms with Gasteiger partial charge in [-0.1, -0.05) is 11.6 Å². The molecule has 0 saturated carbocycles. The second-order valence-electron chi connectivity index (χ2n) is 6.62. The number of carbonyl (C=O) groups is 2. The van der Waals surface area contributed by atoms with E-state index in [1.54, 1.807) is 34.1 Å². The van der Waals surface area contributed by atoms with Gasteiger partial charge in [-0.2, -0.15) is 0 Å². The third-order valence-electron chi connectivity index (χ3n) is 3.53. The summed E-state index contributed by atoms with van der Waals surface area (Å²) in [5.41, 5.74) is 0.0995. The molecular weight excluding hydrogens is 316 g/mol. The highest BCUT2D eigenvalue weighted by molar-refractivity contribution is 6.30. The lowest BCUT2D eigenvalue weighted by Crippen LogP contribution is -2.40. The minimum atomic E-state index is -0.512. The minimum Gasteiger partial charge on any atom is -0.444 e. The van der Waals surface area contributed by atoms with Gasteiger partial charge < -0.3 is 14.5 Å². The first-order chi connectivity index (χ1) is 10.8. The SMILES string of the molecule is CC(C)(C)OC(=O)N1CCCN(C(=O)c2ccc(Cl)cc2)CC1. The van der Waals surface area contributed by atoms with Crippen LogP contribution in [0.15, 0.2) is 24.3 Å². The van der Waals surface area contributed by atoms with Crippen molar-refractivity contribution in [2.75, 3.05) is 26.2 Å². The molecule has 1 fully saturated rings. The van der Waals surface area contributed by atoms with Gasteiger partial charge in [-0.15, -0.1) is 0 Å². The third kappa shape index (κ3) is 5.13. The molecule has 0 N–H and O–H groups in total. The summed E-state index contributed by atoms with van der Waals surface area (Å²) in [6, 6.07) is 6.86. The zero-order valence-corrected chi connectivity index (χ0v) is 14.6. The summed E-state index contributed by atoms with van der Waals surface area (Å²) >= 11 is 5.85. The molecule has 0 spiro atoms. The van der Waals surface area contributed by atoms with Crippen LogP contribution >= 0.6 is 11.6 Å². The summed E-state index contributed by atoms with van der Waals surface area (Å²) in [5.74, 6) is -0.0345. The van der Waals surface area contributed by atoms with Crippen molar-refractivity contribution in [2.45, 2.75) is 32.8 Å². The van der Waals surface area contributed by atoms with Crippen molar-refractivity contribution in [1.29, 1.82) is 0 Å². The van der Waals surface area contributed by atoms with Crippen LogP contribution in [0.5, 0.6) is 0 Å². The number of hydrogen-bond acceptors (Lipinski definition) is 3. The Balaban J connectivity index is 1.97. The maximum absolute atomic E-state index is 12.5. The molecule has 1 heterocycles. The van der Waals surface area contributed by atoms with Crippen molar-refractivity contribution in [2.24, 2.45) is 0 Å². The number of carbonyl (C=O) groups excluding carboxylic acids is 2. The molecule has 1 aromatic rings. The molecule has 0 atom stereocenters. The van der Waals surface area contributed by atoms with Crippen LogP contribution in [0.1, 0.15) is 37.6 Å². The van der Waals surface area contributed by atoms with Crippen LogP contribution in [0.2, 0.25) is 5.02 Å². The lowest BCUT2D eigenvalue weighted by molar-refractivity contribution is 0.0255. The normalized spacial score (nSPS) is 16.0. The Labute approximate surface area is 142 Å². The van der Waals surface area contributed by atoms with Gasteiger partial charge in [0.1, 0.15) is 5.60 Å². The van der Waals surface area contributed by atoms with Crippen LogP contribution < -0.4 is 0 Å². The number of ether oxygens (including phenoxy) is 1. The summed E-state index contributed by atoms with van der Waals surface area (Å²) in [6.45, 7) is 7.74. The molecule has 0 bridgehead atoms. The van der Waals surface area contributed by atoms with Gasteiger partial charge in [0.15, 0.2) is 0 Å². The molecule has 1 saturated heterocycles. The number of halogens is 1. The van der Waals surface area contributed by atoms with E-state index >= 15 is 0 Å². The van der Waals surface area contributed by atoms with Crippen LogP contribution in [0.4, 0.5) is 4.79 Å². The van der Waals surface area contributed by atoms with Gasteiger partial charge in [0, 0.05) is 36.8 Å². The van der Waals surface area contributed by atoms with Gasteiger partial charge >= 0.3 is 6.09 Å². The van der Waals surface area contributed by atoms with Gasteiger partial charge in [-0.3, -0.25) is 4.79 Å². The molecule has 0 unspecified atom stereocenters. The second kappa shape index (κ2) is 7.21. The first-order valence-electron chi connectivity index (χ1n) is 7.79. The smallest absolute Gasteiger partial charge is 0.410 e. The van der Waals surface area contributed by atoms with Crippen molar-refractivity contribution in [3.8, 4) is 0 Å². The van der Waals surface area contributed by atoms with Gasteiger partial charge in [0.25, 0.3) is 5.91 Å². The van der Waals surface area contributed by atoms with Crippen molar-refractivity contribution >= 4 is 23.6 Å². The summed E-state index contributed by atoms with van der Waals surface area (Å²) in [5, 5.41) is 0.605. The van der Waals surface area contributed by atoms with E-state index in [1.165, 1.54) is 0 Å². The molecule has 126 valence electrons. The highest BCUT2D eigenvalue weighted by Gasteiger charge is 2.26. The number of rotatable bonds is 1. The molecule has 1 aliphatic rings. The van der Waals surface area contributed by atoms with Crippen LogP contribution in [0.3, 0.4) is 0 Å². The number of nitrogens with zero attached hydrogens (tertiary/aromatic N) is 2. The van der Waals surface area contributed by atoms with E-state index in [0.29, 0.717) is 36.8 Å². The molecule has 0 aromatic heterocycles. The van der Waals surface area contributed by atoms with Crippen molar-refractivity contribution in [1.82, 2.24) is 9.80 Å². The zero-order chi connectivity index (χ0) is 17.0. The summed E-state index contributed by atoms with van der Waals surface area (Å²) in [7, 11) is 0. The Bertz CT molecular complexity index is 566. The fourth-order valence-corrected chi connectivity index (χ4v) is 2.53. The average molecular weight is 339 g/mol. The Hall–Kier alpha value is -1.75. The summed E-state index contributed by atoms with van der Waals surface area (Å²) < 4.78 is 5.40. The van der Waals surface area contributed by atoms with E-state index in [0.717, 1.165) is 6.42 Å². The maximum atomic E-state index is 12.5. The highest BCUT2D eigenvalue weighted by Crippen LogP contribution is 2.15. The predicted octanol–water partition coefficient (Wildman–Crippen LogP) is 3.42. The van der Waals surface area contributed by atoms with Crippen molar-refractivity contribution in [3.05, 3.63) is 34.9 Å². The Morgan fingerprint density at radius 1 is 1.00 bits per heavy atom. The molecule has 0 aliphatic carbocycles. The fourth-order valence-electron chi connectivity index (χ4n) is 2.40. The van der Waals surface area contributed by atoms with Gasteiger partial charge in [0.2, 0.25) is 0 Å². The molecule has 23 heavy (non-hydrogen) atoms. The van der Waals surface area contributed by atoms with Crippen molar-refractivity contribution < 1.29 is 14.3 Å². The number of benzene rings is 1. The van der Waals surface area contributed by atoms with Gasteiger partial charge in [-0.25, -0.2) is 4.79 Å². The Morgan fingerprint density at radius 3 is 2.17 bits per heavy atom. The van der Waals surface area contributed by atoms with Crippen LogP contribution in [-0.2, 0) is 4.74 Å². The highest BCUT2D eigenvalue weighted by atomic mass is 35.5. The lowest BCUT2D eigenvalue weighted by Gasteiger charge is -2.26. The van der Waals surface area contributed by atoms with E-state index in [-0.39, 0.29) is 12.0 Å². The number of hydrogen-bond donors (Lipinski definition) is 0. The first-order valence-corrected chi connectivity index (χ1v) is 8.17. The zero-order valence-electron chi connectivity index (χ0n) is 13.8. The minimum absolute atomic E-state index is 0.0345. The second-order valence-corrected chi connectivity index (χ2v) is 7.06. The Morgan fingerprint density at radius 2 is 1.57 bits per heavy atom. The predicted molar refractivity (Wildman–Crippen MR) is 89.8 cm³/mol. The van der Waals surface area contributed by atoms with Crippen LogP contribution in [0, 0.1) is 0 Å². The molecular formula is C17H23ClN2O3. The molecule has 6 heteroatoms. The summed E-state index contributed by atoms with van der Waals surface area (Å²) in [4.78, 5) is 28.1. The van der Waals surface area contributed by atoms with E-state index < -0.39 is 5.60 Å². The van der Waals surface area contributed by atoms with Crippen LogP contribution in [0.25, 0.3) is 0 Å². The topological polar surface area (TPSA) is 49.9 Å². The van der Waals surface area contributed by atoms with E-state index in [2.05, 4.69) is 0 Å². The first kappa shape index (κ1) is 17.6. The molecule has 1 aliphatic heterocycles. The quantitative estimate of drug-likeness (QED) is 0.788. The molecule has 2 amide bonds. The van der Waals surface area contributed by atoms with E-state index in [1.807, 2.05) is 20.8 Å². The van der Waals surface area contributed by atoms with E-state index in [4.69, 9.17) is 16.3 Å².